The maximum atomic E-state index is 12.6. The summed E-state index contributed by atoms with van der Waals surface area (Å²) < 4.78 is 29.6. The van der Waals surface area contributed by atoms with Crippen molar-refractivity contribution in [3.05, 3.63) is 51.9 Å². The average Bonchev–Trinajstić information content (AvgIpc) is 3.28. The van der Waals surface area contributed by atoms with Gasteiger partial charge in [0.05, 0.1) is 15.2 Å². The van der Waals surface area contributed by atoms with Gasteiger partial charge in [-0.3, -0.25) is 4.79 Å². The second kappa shape index (κ2) is 7.30. The third-order valence-corrected chi connectivity index (χ3v) is 10.6. The summed E-state index contributed by atoms with van der Waals surface area (Å²) in [5.74, 6) is 0.611. The molecule has 32 heavy (non-hydrogen) atoms. The molecule has 2 aliphatic rings. The number of sulfone groups is 1. The summed E-state index contributed by atoms with van der Waals surface area (Å²) in [5.41, 5.74) is 1.26. The summed E-state index contributed by atoms with van der Waals surface area (Å²) in [4.78, 5) is 17.4. The van der Waals surface area contributed by atoms with Gasteiger partial charge in [-0.15, -0.1) is 11.3 Å². The minimum atomic E-state index is -3.37. The predicted octanol–water partition coefficient (Wildman–Crippen LogP) is 5.28. The van der Waals surface area contributed by atoms with Crippen LogP contribution in [0.1, 0.15) is 66.8 Å². The topological polar surface area (TPSA) is 89.3 Å². The normalized spacial score (nSPS) is 25.5. The molecule has 0 unspecified atom stereocenters. The molecule has 1 aromatic carbocycles. The third-order valence-electron chi connectivity index (χ3n) is 7.12. The van der Waals surface area contributed by atoms with E-state index in [0.29, 0.717) is 16.4 Å². The fourth-order valence-electron chi connectivity index (χ4n) is 4.90. The van der Waals surface area contributed by atoms with Gasteiger partial charge >= 0.3 is 0 Å². The number of carbonyl (C=O) groups is 1. The molecule has 0 bridgehead atoms. The van der Waals surface area contributed by atoms with E-state index in [-0.39, 0.29) is 23.5 Å². The standard InChI is InChI=1S/C23H25ClN2O4S2/c1-22(2,32(3,28)29)19-7-5-17(30-19)20(27)25-15-11-23(12-15)9-13(10-23)21-26-16-8-14(24)4-6-18(16)31-21/h4-8,13,15H,9-12H2,1-3H3,(H,25,27). The first-order chi connectivity index (χ1) is 15.0. The van der Waals surface area contributed by atoms with E-state index >= 15 is 0 Å². The van der Waals surface area contributed by atoms with Crippen LogP contribution in [0.4, 0.5) is 0 Å². The van der Waals surface area contributed by atoms with Gasteiger partial charge in [-0.1, -0.05) is 11.6 Å². The van der Waals surface area contributed by atoms with Crippen LogP contribution >= 0.6 is 22.9 Å². The predicted molar refractivity (Wildman–Crippen MR) is 126 cm³/mol. The monoisotopic (exact) mass is 492 g/mol. The van der Waals surface area contributed by atoms with Crippen molar-refractivity contribution in [2.75, 3.05) is 6.26 Å². The van der Waals surface area contributed by atoms with Crippen molar-refractivity contribution in [1.82, 2.24) is 10.3 Å². The van der Waals surface area contributed by atoms with Gasteiger partial charge in [0.15, 0.2) is 15.6 Å². The van der Waals surface area contributed by atoms with Gasteiger partial charge in [0.2, 0.25) is 0 Å². The second-order valence-electron chi connectivity index (χ2n) is 9.79. The van der Waals surface area contributed by atoms with E-state index < -0.39 is 14.6 Å². The number of nitrogens with one attached hydrogen (secondary N) is 1. The summed E-state index contributed by atoms with van der Waals surface area (Å²) in [6.07, 6.45) is 5.27. The van der Waals surface area contributed by atoms with Crippen molar-refractivity contribution in [1.29, 1.82) is 0 Å². The molecule has 2 aliphatic carbocycles. The molecule has 6 nitrogen and oxygen atoms in total. The molecule has 2 heterocycles. The lowest BCUT2D eigenvalue weighted by Crippen LogP contribution is -2.55. The van der Waals surface area contributed by atoms with Crippen LogP contribution in [0.5, 0.6) is 0 Å². The Hall–Kier alpha value is -1.90. The second-order valence-corrected chi connectivity index (χ2v) is 13.9. The number of halogens is 1. The summed E-state index contributed by atoms with van der Waals surface area (Å²) >= 11 is 7.82. The number of thiazole rings is 1. The van der Waals surface area contributed by atoms with E-state index in [2.05, 4.69) is 5.32 Å². The highest BCUT2D eigenvalue weighted by Gasteiger charge is 2.54. The summed E-state index contributed by atoms with van der Waals surface area (Å²) in [7, 11) is -3.37. The fraction of sp³-hybridized carbons (Fsp3) is 0.478. The van der Waals surface area contributed by atoms with Crippen LogP contribution in [-0.2, 0) is 14.6 Å². The molecule has 5 rings (SSSR count). The first-order valence-corrected chi connectivity index (χ1v) is 13.7. The van der Waals surface area contributed by atoms with E-state index in [4.69, 9.17) is 21.0 Å². The SMILES string of the molecule is CC(C)(c1ccc(C(=O)NC2CC3(C2)CC(c2nc4cc(Cl)ccc4s2)C3)o1)S(C)(=O)=O. The molecule has 9 heteroatoms. The van der Waals surface area contributed by atoms with Crippen LogP contribution in [0.3, 0.4) is 0 Å². The maximum absolute atomic E-state index is 12.6. The van der Waals surface area contributed by atoms with Crippen molar-refractivity contribution in [3.8, 4) is 0 Å². The maximum Gasteiger partial charge on any atom is 0.287 e. The van der Waals surface area contributed by atoms with Crippen molar-refractivity contribution in [2.24, 2.45) is 5.41 Å². The van der Waals surface area contributed by atoms with E-state index in [1.165, 1.54) is 16.0 Å². The zero-order valence-electron chi connectivity index (χ0n) is 18.1. The van der Waals surface area contributed by atoms with Crippen molar-refractivity contribution >= 4 is 48.9 Å². The molecule has 2 fully saturated rings. The minimum Gasteiger partial charge on any atom is -0.454 e. The van der Waals surface area contributed by atoms with Crippen LogP contribution in [0.15, 0.2) is 34.7 Å². The van der Waals surface area contributed by atoms with E-state index in [0.717, 1.165) is 31.2 Å². The lowest BCUT2D eigenvalue weighted by Gasteiger charge is -2.57. The Bertz CT molecular complexity index is 1310. The molecule has 1 spiro atoms. The molecular weight excluding hydrogens is 468 g/mol. The van der Waals surface area contributed by atoms with Gasteiger partial charge in [0.25, 0.3) is 5.91 Å². The van der Waals surface area contributed by atoms with E-state index in [1.807, 2.05) is 18.2 Å². The van der Waals surface area contributed by atoms with Gasteiger partial charge < -0.3 is 9.73 Å². The van der Waals surface area contributed by atoms with Crippen LogP contribution in [0, 0.1) is 5.41 Å². The number of hydrogen-bond acceptors (Lipinski definition) is 6. The molecule has 0 saturated heterocycles. The van der Waals surface area contributed by atoms with Crippen molar-refractivity contribution in [3.63, 3.8) is 0 Å². The highest BCUT2D eigenvalue weighted by Crippen LogP contribution is 2.62. The lowest BCUT2D eigenvalue weighted by atomic mass is 9.50. The first-order valence-electron chi connectivity index (χ1n) is 10.6. The Morgan fingerprint density at radius 2 is 1.94 bits per heavy atom. The lowest BCUT2D eigenvalue weighted by molar-refractivity contribution is -0.0190. The number of carbonyl (C=O) groups excluding carboxylic acids is 1. The molecule has 0 radical (unpaired) electrons. The van der Waals surface area contributed by atoms with Gasteiger partial charge in [-0.2, -0.15) is 0 Å². The number of fused-ring (bicyclic) bond motifs is 1. The Balaban J connectivity index is 1.16. The van der Waals surface area contributed by atoms with Crippen LogP contribution < -0.4 is 5.32 Å². The zero-order valence-corrected chi connectivity index (χ0v) is 20.5. The van der Waals surface area contributed by atoms with Gasteiger partial charge in [-0.25, -0.2) is 13.4 Å². The largest absolute Gasteiger partial charge is 0.454 e. The molecule has 3 aromatic rings. The van der Waals surface area contributed by atoms with E-state index in [9.17, 15) is 13.2 Å². The zero-order chi connectivity index (χ0) is 22.9. The van der Waals surface area contributed by atoms with Gasteiger partial charge in [0, 0.05) is 23.2 Å². The molecule has 170 valence electrons. The number of amides is 1. The first kappa shape index (κ1) is 21.9. The Kier molecular flexibility index (Phi) is 5.00. The van der Waals surface area contributed by atoms with Crippen molar-refractivity contribution in [2.45, 2.75) is 56.2 Å². The van der Waals surface area contributed by atoms with Crippen LogP contribution in [0.2, 0.25) is 5.02 Å². The Labute approximate surface area is 196 Å². The summed E-state index contributed by atoms with van der Waals surface area (Å²) in [5, 5.41) is 4.92. The third kappa shape index (κ3) is 3.66. The van der Waals surface area contributed by atoms with Gasteiger partial charge in [0.1, 0.15) is 10.5 Å². The fourth-order valence-corrected chi connectivity index (χ4v) is 6.59. The molecule has 1 N–H and O–H groups in total. The Morgan fingerprint density at radius 1 is 1.22 bits per heavy atom. The number of benzene rings is 1. The van der Waals surface area contributed by atoms with Crippen molar-refractivity contribution < 1.29 is 17.6 Å². The summed E-state index contributed by atoms with van der Waals surface area (Å²) in [6, 6.07) is 9.08. The smallest absolute Gasteiger partial charge is 0.287 e. The Morgan fingerprint density at radius 3 is 2.62 bits per heavy atom. The number of nitrogens with zero attached hydrogens (tertiary/aromatic N) is 1. The molecule has 0 atom stereocenters. The highest BCUT2D eigenvalue weighted by molar-refractivity contribution is 7.91. The van der Waals surface area contributed by atoms with Gasteiger partial charge in [-0.05, 0) is 75.3 Å². The molecule has 2 aromatic heterocycles. The minimum absolute atomic E-state index is 0.120. The highest BCUT2D eigenvalue weighted by atomic mass is 35.5. The number of aromatic nitrogens is 1. The molecule has 1 amide bonds. The molecule has 2 saturated carbocycles. The number of rotatable bonds is 5. The van der Waals surface area contributed by atoms with Crippen LogP contribution in [0.25, 0.3) is 10.2 Å². The quantitative estimate of drug-likeness (QED) is 0.523. The number of furan rings is 1. The van der Waals surface area contributed by atoms with E-state index in [1.54, 1.807) is 37.3 Å². The average molecular weight is 493 g/mol. The summed E-state index contributed by atoms with van der Waals surface area (Å²) in [6.45, 7) is 3.15. The van der Waals surface area contributed by atoms with Crippen LogP contribution in [-0.4, -0.2) is 31.6 Å². The number of hydrogen-bond donors (Lipinski definition) is 1. The molecular formula is C23H25ClN2O4S2. The molecule has 0 aliphatic heterocycles.